The van der Waals surface area contributed by atoms with E-state index in [1.165, 1.54) is 30.3 Å². The van der Waals surface area contributed by atoms with Crippen molar-refractivity contribution in [2.24, 2.45) is 5.14 Å². The monoisotopic (exact) mass is 689 g/mol. The van der Waals surface area contributed by atoms with Crippen LogP contribution in [0.25, 0.3) is 0 Å². The van der Waals surface area contributed by atoms with E-state index < -0.39 is 31.9 Å². The number of ether oxygens (including phenoxy) is 3. The Morgan fingerprint density at radius 3 is 2.40 bits per heavy atom. The molecule has 0 spiro atoms. The van der Waals surface area contributed by atoms with E-state index in [2.05, 4.69) is 10.0 Å². The van der Waals surface area contributed by atoms with Crippen molar-refractivity contribution in [3.8, 4) is 5.75 Å². The minimum atomic E-state index is -3.95. The second-order valence-electron chi connectivity index (χ2n) is 12.2. The Morgan fingerprint density at radius 1 is 0.894 bits per heavy atom. The molecule has 0 unspecified atom stereocenters. The number of nitrogens with one attached hydrogen (secondary N) is 2. The molecule has 1 atom stereocenters. The highest BCUT2D eigenvalue weighted by molar-refractivity contribution is 7.92. The Bertz CT molecular complexity index is 1680. The third kappa shape index (κ3) is 11.9. The summed E-state index contributed by atoms with van der Waals surface area (Å²) in [5.74, 6) is 0.169. The first-order valence-electron chi connectivity index (χ1n) is 16.0. The molecule has 0 radical (unpaired) electrons. The van der Waals surface area contributed by atoms with Gasteiger partial charge in [-0.25, -0.2) is 22.0 Å². The van der Waals surface area contributed by atoms with Gasteiger partial charge in [0.1, 0.15) is 5.75 Å². The number of aliphatic hydroxyl groups is 1. The van der Waals surface area contributed by atoms with E-state index in [4.69, 9.17) is 19.3 Å². The average Bonchev–Trinajstić information content (AvgIpc) is 3.02. The Morgan fingerprint density at radius 2 is 1.62 bits per heavy atom. The number of hydrogen-bond acceptors (Lipinski definition) is 9. The highest BCUT2D eigenvalue weighted by atomic mass is 32.2. The Labute approximate surface area is 278 Å². The number of anilines is 1. The summed E-state index contributed by atoms with van der Waals surface area (Å²) < 4.78 is 68.7. The number of nitrogens with two attached hydrogens (primary N) is 1. The topological polar surface area (TPSA) is 166 Å². The van der Waals surface area contributed by atoms with Gasteiger partial charge in [-0.1, -0.05) is 37.1 Å². The molecule has 3 aromatic rings. The highest BCUT2D eigenvalue weighted by Crippen LogP contribution is 2.33. The van der Waals surface area contributed by atoms with E-state index in [0.717, 1.165) is 67.5 Å². The standard InChI is InChI=1S/C34H47N3O8S2/c1-34(2)44-25-28-22-27(16-17-33(28)45-34)32(38)24-36-18-6-3-4-7-19-43-20-8-5-11-26-12-9-15-31(21-26)47(41,42)37-29-13-10-14-30(23-29)46(35,39)40/h9-10,12-17,21-23,32,36-38H,3-8,11,18-20,24-25H2,1-2H3,(H2,35,39,40)/t32-/m0/s1. The van der Waals surface area contributed by atoms with Gasteiger partial charge in [-0.05, 0) is 92.2 Å². The highest BCUT2D eigenvalue weighted by Gasteiger charge is 2.27. The number of benzene rings is 3. The molecule has 47 heavy (non-hydrogen) atoms. The number of hydrogen-bond donors (Lipinski definition) is 4. The number of aliphatic hydroxyl groups excluding tert-OH is 1. The van der Waals surface area contributed by atoms with Crippen LogP contribution in [0.3, 0.4) is 0 Å². The summed E-state index contributed by atoms with van der Waals surface area (Å²) in [6, 6.07) is 17.8. The molecule has 0 amide bonds. The third-order valence-electron chi connectivity index (χ3n) is 7.76. The van der Waals surface area contributed by atoms with Crippen molar-refractivity contribution in [3.05, 3.63) is 83.4 Å². The molecule has 4 rings (SSSR count). The second-order valence-corrected chi connectivity index (χ2v) is 15.4. The van der Waals surface area contributed by atoms with Gasteiger partial charge in [0.2, 0.25) is 15.8 Å². The Balaban J connectivity index is 1.03. The summed E-state index contributed by atoms with van der Waals surface area (Å²) in [6.45, 7) is 6.92. The molecular formula is C34H47N3O8S2. The van der Waals surface area contributed by atoms with Gasteiger partial charge in [0, 0.05) is 39.2 Å². The van der Waals surface area contributed by atoms with Gasteiger partial charge in [0.05, 0.1) is 28.2 Å². The van der Waals surface area contributed by atoms with Crippen LogP contribution >= 0.6 is 0 Å². The maximum Gasteiger partial charge on any atom is 0.261 e. The molecule has 0 saturated carbocycles. The van der Waals surface area contributed by atoms with Crippen molar-refractivity contribution >= 4 is 25.7 Å². The minimum Gasteiger partial charge on any atom is -0.463 e. The largest absolute Gasteiger partial charge is 0.463 e. The first-order chi connectivity index (χ1) is 22.3. The third-order valence-corrected chi connectivity index (χ3v) is 10.0. The van der Waals surface area contributed by atoms with Crippen LogP contribution in [-0.2, 0) is 42.5 Å². The van der Waals surface area contributed by atoms with Gasteiger partial charge in [-0.2, -0.15) is 0 Å². The number of aryl methyl sites for hydroxylation is 1. The molecule has 1 aliphatic heterocycles. The summed E-state index contributed by atoms with van der Waals surface area (Å²) in [5, 5.41) is 19.1. The average molecular weight is 690 g/mol. The van der Waals surface area contributed by atoms with Crippen LogP contribution in [0.5, 0.6) is 5.75 Å². The van der Waals surface area contributed by atoms with Gasteiger partial charge in [-0.15, -0.1) is 0 Å². The lowest BCUT2D eigenvalue weighted by Gasteiger charge is -2.33. The van der Waals surface area contributed by atoms with Gasteiger partial charge >= 0.3 is 0 Å². The normalized spacial score (nSPS) is 15.1. The van der Waals surface area contributed by atoms with Crippen molar-refractivity contribution < 1.29 is 36.2 Å². The number of fused-ring (bicyclic) bond motifs is 1. The van der Waals surface area contributed by atoms with Crippen molar-refractivity contribution in [1.82, 2.24) is 5.32 Å². The van der Waals surface area contributed by atoms with Crippen LogP contribution in [0.2, 0.25) is 0 Å². The number of primary sulfonamides is 1. The smallest absolute Gasteiger partial charge is 0.261 e. The van der Waals surface area contributed by atoms with Gasteiger partial charge in [0.15, 0.2) is 0 Å². The number of rotatable bonds is 19. The Hall–Kier alpha value is -3.04. The quantitative estimate of drug-likeness (QED) is 0.127. The first kappa shape index (κ1) is 36.8. The van der Waals surface area contributed by atoms with Crippen molar-refractivity contribution in [2.75, 3.05) is 31.0 Å². The summed E-state index contributed by atoms with van der Waals surface area (Å²) in [6.07, 6.45) is 6.02. The summed E-state index contributed by atoms with van der Waals surface area (Å²) in [4.78, 5) is -0.0725. The van der Waals surface area contributed by atoms with Crippen molar-refractivity contribution in [2.45, 2.75) is 87.1 Å². The summed E-state index contributed by atoms with van der Waals surface area (Å²) in [5.41, 5.74) is 2.81. The van der Waals surface area contributed by atoms with E-state index in [0.29, 0.717) is 32.8 Å². The molecular weight excluding hydrogens is 643 g/mol. The minimum absolute atomic E-state index is 0.100. The van der Waals surface area contributed by atoms with Crippen LogP contribution in [0, 0.1) is 0 Å². The van der Waals surface area contributed by atoms with Gasteiger partial charge in [0.25, 0.3) is 10.0 Å². The van der Waals surface area contributed by atoms with Crippen LogP contribution < -0.4 is 19.9 Å². The van der Waals surface area contributed by atoms with E-state index in [1.807, 2.05) is 38.1 Å². The molecule has 0 aromatic heterocycles. The molecule has 1 heterocycles. The Kier molecular flexibility index (Phi) is 13.2. The number of unbranched alkanes of at least 4 members (excludes halogenated alkanes) is 4. The molecule has 13 heteroatoms. The van der Waals surface area contributed by atoms with Crippen LogP contribution in [0.4, 0.5) is 5.69 Å². The first-order valence-corrected chi connectivity index (χ1v) is 19.0. The van der Waals surface area contributed by atoms with Crippen LogP contribution in [0.1, 0.15) is 75.2 Å². The van der Waals surface area contributed by atoms with Gasteiger partial charge in [-0.3, -0.25) is 4.72 Å². The zero-order chi connectivity index (χ0) is 33.9. The van der Waals surface area contributed by atoms with Crippen LogP contribution in [-0.4, -0.2) is 54.0 Å². The lowest BCUT2D eigenvalue weighted by Crippen LogP contribution is -2.35. The van der Waals surface area contributed by atoms with E-state index in [1.54, 1.807) is 12.1 Å². The lowest BCUT2D eigenvalue weighted by atomic mass is 10.0. The fraction of sp³-hybridized carbons (Fsp3) is 0.471. The molecule has 3 aromatic carbocycles. The van der Waals surface area contributed by atoms with Crippen LogP contribution in [0.15, 0.2) is 76.5 Å². The predicted molar refractivity (Wildman–Crippen MR) is 181 cm³/mol. The van der Waals surface area contributed by atoms with Crippen molar-refractivity contribution in [1.29, 1.82) is 0 Å². The lowest BCUT2D eigenvalue weighted by molar-refractivity contribution is -0.180. The van der Waals surface area contributed by atoms with Gasteiger partial charge < -0.3 is 24.6 Å². The summed E-state index contributed by atoms with van der Waals surface area (Å²) in [7, 11) is -7.86. The molecule has 0 bridgehead atoms. The molecule has 0 aliphatic carbocycles. The maximum absolute atomic E-state index is 12.9. The molecule has 5 N–H and O–H groups in total. The molecule has 1 aliphatic rings. The predicted octanol–water partition coefficient (Wildman–Crippen LogP) is 5.00. The molecule has 258 valence electrons. The van der Waals surface area contributed by atoms with E-state index >= 15 is 0 Å². The maximum atomic E-state index is 12.9. The molecule has 0 saturated heterocycles. The van der Waals surface area contributed by atoms with E-state index in [-0.39, 0.29) is 15.5 Å². The second kappa shape index (κ2) is 16.9. The molecule has 0 fully saturated rings. The SMILES string of the molecule is CC1(C)OCc2cc([C@@H](O)CNCCCCCCOCCCCc3cccc(S(=O)(=O)Nc4cccc(S(N)(=O)=O)c4)c3)ccc2O1. The zero-order valence-electron chi connectivity index (χ0n) is 27.1. The fourth-order valence-corrected chi connectivity index (χ4v) is 6.86. The molecule has 11 nitrogen and oxygen atoms in total. The fourth-order valence-electron chi connectivity index (χ4n) is 5.18. The number of sulfonamides is 2. The van der Waals surface area contributed by atoms with E-state index in [9.17, 15) is 21.9 Å². The van der Waals surface area contributed by atoms with Crippen molar-refractivity contribution in [3.63, 3.8) is 0 Å². The zero-order valence-corrected chi connectivity index (χ0v) is 28.7. The summed E-state index contributed by atoms with van der Waals surface area (Å²) >= 11 is 0.